The number of rotatable bonds is 2. The van der Waals surface area contributed by atoms with Gasteiger partial charge in [0.05, 0.1) is 11.5 Å². The Morgan fingerprint density at radius 1 is 1.62 bits per heavy atom. The van der Waals surface area contributed by atoms with Crippen LogP contribution in [0.4, 0.5) is 5.69 Å². The van der Waals surface area contributed by atoms with Gasteiger partial charge >= 0.3 is 0 Å². The Hall–Kier alpha value is -1.49. The molecule has 1 aromatic rings. The first kappa shape index (κ1) is 9.60. The second-order valence-electron chi connectivity index (χ2n) is 2.76. The Bertz CT molecular complexity index is 349. The number of aliphatic hydroxyl groups is 1. The van der Waals surface area contributed by atoms with Gasteiger partial charge in [-0.25, -0.2) is 0 Å². The second-order valence-corrected chi connectivity index (χ2v) is 2.76. The van der Waals surface area contributed by atoms with Crippen LogP contribution < -0.4 is 0 Å². The van der Waals surface area contributed by atoms with E-state index in [1.165, 1.54) is 6.20 Å². The van der Waals surface area contributed by atoms with Crippen molar-refractivity contribution in [1.29, 1.82) is 0 Å². The molecular formula is C8H10N2O3. The molecule has 1 heterocycles. The molecule has 0 fully saturated rings. The zero-order chi connectivity index (χ0) is 10.0. The van der Waals surface area contributed by atoms with Crippen LogP contribution in [-0.2, 0) is 6.61 Å². The fourth-order valence-corrected chi connectivity index (χ4v) is 1.18. The van der Waals surface area contributed by atoms with E-state index in [0.717, 1.165) is 0 Å². The van der Waals surface area contributed by atoms with E-state index in [4.69, 9.17) is 5.11 Å². The molecule has 0 spiro atoms. The topological polar surface area (TPSA) is 76.3 Å². The van der Waals surface area contributed by atoms with Crippen molar-refractivity contribution in [3.63, 3.8) is 0 Å². The predicted octanol–water partition coefficient (Wildman–Crippen LogP) is 1.10. The first-order valence-corrected chi connectivity index (χ1v) is 3.78. The number of nitro groups is 1. The van der Waals surface area contributed by atoms with E-state index in [-0.39, 0.29) is 12.3 Å². The molecule has 5 nitrogen and oxygen atoms in total. The largest absolute Gasteiger partial charge is 0.392 e. The van der Waals surface area contributed by atoms with Crippen molar-refractivity contribution in [3.05, 3.63) is 33.1 Å². The van der Waals surface area contributed by atoms with E-state index in [1.54, 1.807) is 13.8 Å². The van der Waals surface area contributed by atoms with Crippen LogP contribution in [0.25, 0.3) is 0 Å². The predicted molar refractivity (Wildman–Crippen MR) is 46.3 cm³/mol. The summed E-state index contributed by atoms with van der Waals surface area (Å²) in [6.45, 7) is 2.96. The Morgan fingerprint density at radius 2 is 2.23 bits per heavy atom. The van der Waals surface area contributed by atoms with Crippen molar-refractivity contribution in [1.82, 2.24) is 4.98 Å². The van der Waals surface area contributed by atoms with Gasteiger partial charge in [0.1, 0.15) is 5.69 Å². The van der Waals surface area contributed by atoms with Crippen LogP contribution in [0.3, 0.4) is 0 Å². The summed E-state index contributed by atoms with van der Waals surface area (Å²) in [7, 11) is 0. The SMILES string of the molecule is Cc1ncc(CO)c(C)c1[N+](=O)[O-]. The van der Waals surface area contributed by atoms with Gasteiger partial charge in [-0.3, -0.25) is 15.1 Å². The van der Waals surface area contributed by atoms with Gasteiger partial charge in [-0.2, -0.15) is 0 Å². The monoisotopic (exact) mass is 182 g/mol. The Labute approximate surface area is 75.2 Å². The van der Waals surface area contributed by atoms with Gasteiger partial charge in [-0.1, -0.05) is 0 Å². The molecule has 0 radical (unpaired) electrons. The average Bonchev–Trinajstić information content (AvgIpc) is 2.04. The van der Waals surface area contributed by atoms with Crippen LogP contribution in [0.1, 0.15) is 16.8 Å². The number of aromatic nitrogens is 1. The maximum atomic E-state index is 10.6. The summed E-state index contributed by atoms with van der Waals surface area (Å²) in [5.74, 6) is 0. The van der Waals surface area contributed by atoms with Gasteiger partial charge in [0, 0.05) is 17.3 Å². The summed E-state index contributed by atoms with van der Waals surface area (Å²) < 4.78 is 0. The quantitative estimate of drug-likeness (QED) is 0.548. The Kier molecular flexibility index (Phi) is 2.57. The minimum absolute atomic E-state index is 0.00782. The van der Waals surface area contributed by atoms with Crippen LogP contribution in [0.5, 0.6) is 0 Å². The Balaban J connectivity index is 3.38. The molecule has 0 unspecified atom stereocenters. The summed E-state index contributed by atoms with van der Waals surface area (Å²) in [6, 6.07) is 0. The lowest BCUT2D eigenvalue weighted by Crippen LogP contribution is -2.01. The highest BCUT2D eigenvalue weighted by atomic mass is 16.6. The third kappa shape index (κ3) is 1.65. The van der Waals surface area contributed by atoms with Crippen molar-refractivity contribution in [2.24, 2.45) is 0 Å². The summed E-state index contributed by atoms with van der Waals surface area (Å²) in [5, 5.41) is 19.4. The molecule has 0 aliphatic heterocycles. The molecule has 1 rings (SSSR count). The molecule has 0 amide bonds. The van der Waals surface area contributed by atoms with Crippen LogP contribution in [0.15, 0.2) is 6.20 Å². The standard InChI is InChI=1S/C8H10N2O3/c1-5-7(4-11)3-9-6(2)8(5)10(12)13/h3,11H,4H2,1-2H3. The van der Waals surface area contributed by atoms with Gasteiger partial charge in [-0.05, 0) is 13.8 Å². The highest BCUT2D eigenvalue weighted by Gasteiger charge is 2.17. The van der Waals surface area contributed by atoms with Gasteiger partial charge < -0.3 is 5.11 Å². The highest BCUT2D eigenvalue weighted by Crippen LogP contribution is 2.23. The van der Waals surface area contributed by atoms with Crippen LogP contribution in [0, 0.1) is 24.0 Å². The third-order valence-electron chi connectivity index (χ3n) is 1.95. The average molecular weight is 182 g/mol. The lowest BCUT2D eigenvalue weighted by molar-refractivity contribution is -0.386. The maximum absolute atomic E-state index is 10.6. The molecule has 0 saturated heterocycles. The van der Waals surface area contributed by atoms with Gasteiger partial charge in [0.15, 0.2) is 0 Å². The van der Waals surface area contributed by atoms with E-state index >= 15 is 0 Å². The zero-order valence-electron chi connectivity index (χ0n) is 7.44. The second kappa shape index (κ2) is 3.49. The van der Waals surface area contributed by atoms with Crippen molar-refractivity contribution < 1.29 is 10.0 Å². The van der Waals surface area contributed by atoms with Crippen molar-refractivity contribution in [2.75, 3.05) is 0 Å². The van der Waals surface area contributed by atoms with E-state index in [0.29, 0.717) is 16.8 Å². The van der Waals surface area contributed by atoms with E-state index < -0.39 is 4.92 Å². The van der Waals surface area contributed by atoms with E-state index in [1.807, 2.05) is 0 Å². The lowest BCUT2D eigenvalue weighted by Gasteiger charge is -2.04. The number of aryl methyl sites for hydroxylation is 1. The summed E-state index contributed by atoms with van der Waals surface area (Å²) in [4.78, 5) is 13.9. The summed E-state index contributed by atoms with van der Waals surface area (Å²) in [5.41, 5.74) is 1.35. The van der Waals surface area contributed by atoms with Gasteiger partial charge in [0.25, 0.3) is 5.69 Å². The minimum atomic E-state index is -0.475. The fraction of sp³-hybridized carbons (Fsp3) is 0.375. The molecule has 0 aliphatic rings. The van der Waals surface area contributed by atoms with Crippen LogP contribution in [-0.4, -0.2) is 15.0 Å². The molecule has 0 saturated carbocycles. The first-order chi connectivity index (χ1) is 6.07. The molecule has 0 aliphatic carbocycles. The molecular weight excluding hydrogens is 172 g/mol. The van der Waals surface area contributed by atoms with Gasteiger partial charge in [-0.15, -0.1) is 0 Å². The van der Waals surface area contributed by atoms with Crippen LogP contribution in [0.2, 0.25) is 0 Å². The zero-order valence-corrected chi connectivity index (χ0v) is 7.44. The number of hydrogen-bond acceptors (Lipinski definition) is 4. The van der Waals surface area contributed by atoms with E-state index in [9.17, 15) is 10.1 Å². The first-order valence-electron chi connectivity index (χ1n) is 3.78. The normalized spacial score (nSPS) is 10.1. The Morgan fingerprint density at radius 3 is 2.69 bits per heavy atom. The fourth-order valence-electron chi connectivity index (χ4n) is 1.18. The molecule has 5 heteroatoms. The highest BCUT2D eigenvalue weighted by molar-refractivity contribution is 5.46. The maximum Gasteiger partial charge on any atom is 0.293 e. The minimum Gasteiger partial charge on any atom is -0.392 e. The summed E-state index contributed by atoms with van der Waals surface area (Å²) in [6.07, 6.45) is 1.46. The van der Waals surface area contributed by atoms with E-state index in [2.05, 4.69) is 4.98 Å². The van der Waals surface area contributed by atoms with Crippen molar-refractivity contribution in [3.8, 4) is 0 Å². The number of pyridine rings is 1. The molecule has 13 heavy (non-hydrogen) atoms. The summed E-state index contributed by atoms with van der Waals surface area (Å²) >= 11 is 0. The molecule has 1 aromatic heterocycles. The molecule has 0 aromatic carbocycles. The molecule has 1 N–H and O–H groups in total. The number of hydrogen-bond donors (Lipinski definition) is 1. The number of aliphatic hydroxyl groups excluding tert-OH is 1. The molecule has 70 valence electrons. The van der Waals surface area contributed by atoms with Crippen molar-refractivity contribution >= 4 is 5.69 Å². The number of nitrogens with zero attached hydrogens (tertiary/aromatic N) is 2. The van der Waals surface area contributed by atoms with Gasteiger partial charge in [0.2, 0.25) is 0 Å². The molecule has 0 atom stereocenters. The van der Waals surface area contributed by atoms with Crippen LogP contribution >= 0.6 is 0 Å². The third-order valence-corrected chi connectivity index (χ3v) is 1.95. The smallest absolute Gasteiger partial charge is 0.293 e. The van der Waals surface area contributed by atoms with Crippen molar-refractivity contribution in [2.45, 2.75) is 20.5 Å². The molecule has 0 bridgehead atoms. The lowest BCUT2D eigenvalue weighted by atomic mass is 10.1.